The van der Waals surface area contributed by atoms with E-state index in [1.807, 2.05) is 6.92 Å². The molecule has 0 amide bonds. The standard InChI is InChI=1S/C13H15F3O3/c1-2-3-4-5-6-19-9-7-8(14)10(13(17)18)12(16)11(9)15/h7H,2-6H2,1H3,(H,17,18). The van der Waals surface area contributed by atoms with Crippen LogP contribution in [0, 0.1) is 17.5 Å². The van der Waals surface area contributed by atoms with Crippen LogP contribution in [-0.4, -0.2) is 17.7 Å². The third kappa shape index (κ3) is 3.87. The van der Waals surface area contributed by atoms with Crippen molar-refractivity contribution in [2.45, 2.75) is 32.6 Å². The van der Waals surface area contributed by atoms with E-state index in [0.717, 1.165) is 19.3 Å². The van der Waals surface area contributed by atoms with Gasteiger partial charge in [0.05, 0.1) is 6.61 Å². The lowest BCUT2D eigenvalue weighted by Crippen LogP contribution is -2.09. The molecule has 0 saturated carbocycles. The summed E-state index contributed by atoms with van der Waals surface area (Å²) < 4.78 is 45.0. The number of benzene rings is 1. The summed E-state index contributed by atoms with van der Waals surface area (Å²) in [7, 11) is 0. The number of carboxylic acid groups (broad SMARTS) is 1. The van der Waals surface area contributed by atoms with Gasteiger partial charge in [0.2, 0.25) is 5.82 Å². The maximum absolute atomic E-state index is 13.4. The minimum atomic E-state index is -1.86. The molecule has 0 aliphatic heterocycles. The van der Waals surface area contributed by atoms with Crippen LogP contribution in [0.3, 0.4) is 0 Å². The summed E-state index contributed by atoms with van der Waals surface area (Å²) in [6, 6.07) is 0.557. The molecule has 19 heavy (non-hydrogen) atoms. The molecular weight excluding hydrogens is 261 g/mol. The third-order valence-electron chi connectivity index (χ3n) is 2.59. The summed E-state index contributed by atoms with van der Waals surface area (Å²) >= 11 is 0. The maximum Gasteiger partial charge on any atom is 0.341 e. The molecule has 0 aliphatic carbocycles. The Morgan fingerprint density at radius 3 is 2.47 bits per heavy atom. The summed E-state index contributed by atoms with van der Waals surface area (Å²) in [6.45, 7) is 2.15. The van der Waals surface area contributed by atoms with Gasteiger partial charge in [0, 0.05) is 6.07 Å². The molecule has 1 N–H and O–H groups in total. The van der Waals surface area contributed by atoms with Crippen molar-refractivity contribution in [1.82, 2.24) is 0 Å². The number of rotatable bonds is 7. The number of carbonyl (C=O) groups is 1. The lowest BCUT2D eigenvalue weighted by molar-refractivity contribution is 0.0684. The van der Waals surface area contributed by atoms with Gasteiger partial charge in [0.25, 0.3) is 0 Å². The first-order valence-electron chi connectivity index (χ1n) is 6.02. The molecule has 0 saturated heterocycles. The molecule has 0 atom stereocenters. The molecule has 6 heteroatoms. The Bertz CT molecular complexity index is 461. The van der Waals surface area contributed by atoms with Crippen LogP contribution in [0.5, 0.6) is 5.75 Å². The zero-order chi connectivity index (χ0) is 14.4. The lowest BCUT2D eigenvalue weighted by Gasteiger charge is -2.09. The van der Waals surface area contributed by atoms with E-state index >= 15 is 0 Å². The number of ether oxygens (including phenoxy) is 1. The first-order valence-corrected chi connectivity index (χ1v) is 6.02. The van der Waals surface area contributed by atoms with Crippen LogP contribution < -0.4 is 4.74 Å². The predicted octanol–water partition coefficient (Wildman–Crippen LogP) is 3.76. The van der Waals surface area contributed by atoms with Gasteiger partial charge in [0.1, 0.15) is 11.4 Å². The molecule has 0 radical (unpaired) electrons. The Hall–Kier alpha value is -1.72. The van der Waals surface area contributed by atoms with Crippen molar-refractivity contribution in [1.29, 1.82) is 0 Å². The van der Waals surface area contributed by atoms with Gasteiger partial charge < -0.3 is 9.84 Å². The second-order valence-corrected chi connectivity index (χ2v) is 4.07. The van der Waals surface area contributed by atoms with Gasteiger partial charge in [-0.15, -0.1) is 0 Å². The monoisotopic (exact) mass is 276 g/mol. The number of carboxylic acids is 1. The van der Waals surface area contributed by atoms with Crippen molar-refractivity contribution in [3.63, 3.8) is 0 Å². The Balaban J connectivity index is 2.78. The van der Waals surface area contributed by atoms with Crippen LogP contribution in [0.2, 0.25) is 0 Å². The lowest BCUT2D eigenvalue weighted by atomic mass is 10.1. The average molecular weight is 276 g/mol. The molecule has 1 rings (SSSR count). The number of hydrogen-bond acceptors (Lipinski definition) is 2. The van der Waals surface area contributed by atoms with E-state index in [9.17, 15) is 18.0 Å². The summed E-state index contributed by atoms with van der Waals surface area (Å²) in [4.78, 5) is 10.6. The zero-order valence-corrected chi connectivity index (χ0v) is 10.5. The van der Waals surface area contributed by atoms with Crippen molar-refractivity contribution < 1.29 is 27.8 Å². The Kier molecular flexibility index (Phi) is 5.66. The van der Waals surface area contributed by atoms with Crippen LogP contribution in [0.1, 0.15) is 43.0 Å². The minimum absolute atomic E-state index is 0.127. The van der Waals surface area contributed by atoms with Gasteiger partial charge in [-0.05, 0) is 6.42 Å². The van der Waals surface area contributed by atoms with E-state index in [0.29, 0.717) is 12.5 Å². The van der Waals surface area contributed by atoms with Gasteiger partial charge in [-0.3, -0.25) is 0 Å². The fourth-order valence-corrected chi connectivity index (χ4v) is 1.59. The summed E-state index contributed by atoms with van der Waals surface area (Å²) in [5.41, 5.74) is -1.31. The van der Waals surface area contributed by atoms with E-state index in [4.69, 9.17) is 9.84 Å². The largest absolute Gasteiger partial charge is 0.490 e. The molecule has 1 aromatic carbocycles. The van der Waals surface area contributed by atoms with Crippen LogP contribution in [0.25, 0.3) is 0 Å². The normalized spacial score (nSPS) is 10.5. The van der Waals surface area contributed by atoms with Crippen molar-refractivity contribution in [2.24, 2.45) is 0 Å². The number of unbranched alkanes of at least 4 members (excludes halogenated alkanes) is 3. The van der Waals surface area contributed by atoms with Crippen molar-refractivity contribution >= 4 is 5.97 Å². The average Bonchev–Trinajstić information content (AvgIpc) is 2.34. The molecule has 0 aliphatic rings. The first-order chi connectivity index (χ1) is 8.99. The smallest absolute Gasteiger partial charge is 0.341 e. The molecular formula is C13H15F3O3. The molecule has 1 aromatic rings. The molecule has 0 bridgehead atoms. The second-order valence-electron chi connectivity index (χ2n) is 4.07. The third-order valence-corrected chi connectivity index (χ3v) is 2.59. The molecule has 3 nitrogen and oxygen atoms in total. The molecule has 0 aromatic heterocycles. The predicted molar refractivity (Wildman–Crippen MR) is 62.9 cm³/mol. The molecule has 0 heterocycles. The van der Waals surface area contributed by atoms with Gasteiger partial charge in [-0.2, -0.15) is 4.39 Å². The van der Waals surface area contributed by atoms with Crippen LogP contribution in [0.15, 0.2) is 6.07 Å². The molecule has 0 spiro atoms. The summed E-state index contributed by atoms with van der Waals surface area (Å²) in [6.07, 6.45) is 3.52. The fourth-order valence-electron chi connectivity index (χ4n) is 1.59. The highest BCUT2D eigenvalue weighted by Gasteiger charge is 2.24. The zero-order valence-electron chi connectivity index (χ0n) is 10.5. The fraction of sp³-hybridized carbons (Fsp3) is 0.462. The van der Waals surface area contributed by atoms with Crippen LogP contribution in [-0.2, 0) is 0 Å². The number of aromatic carboxylic acids is 1. The molecule has 0 fully saturated rings. The second kappa shape index (κ2) is 7.01. The summed E-state index contributed by atoms with van der Waals surface area (Å²) in [5, 5.41) is 8.55. The van der Waals surface area contributed by atoms with E-state index in [1.165, 1.54) is 0 Å². The highest BCUT2D eigenvalue weighted by molar-refractivity contribution is 5.88. The van der Waals surface area contributed by atoms with Crippen molar-refractivity contribution in [3.05, 3.63) is 29.1 Å². The van der Waals surface area contributed by atoms with E-state index in [1.54, 1.807) is 0 Å². The first kappa shape index (κ1) is 15.3. The number of halogens is 3. The van der Waals surface area contributed by atoms with E-state index < -0.39 is 34.7 Å². The molecule has 0 unspecified atom stereocenters. The van der Waals surface area contributed by atoms with Crippen molar-refractivity contribution in [2.75, 3.05) is 6.61 Å². The highest BCUT2D eigenvalue weighted by atomic mass is 19.2. The Morgan fingerprint density at radius 2 is 1.89 bits per heavy atom. The summed E-state index contributed by atoms with van der Waals surface area (Å²) in [5.74, 6) is -7.03. The highest BCUT2D eigenvalue weighted by Crippen LogP contribution is 2.26. The Labute approximate surface area is 109 Å². The van der Waals surface area contributed by atoms with Crippen LogP contribution in [0.4, 0.5) is 13.2 Å². The van der Waals surface area contributed by atoms with Gasteiger partial charge in [-0.1, -0.05) is 26.2 Å². The molecule has 106 valence electrons. The van der Waals surface area contributed by atoms with Crippen molar-refractivity contribution in [3.8, 4) is 5.75 Å². The Morgan fingerprint density at radius 1 is 1.21 bits per heavy atom. The topological polar surface area (TPSA) is 46.5 Å². The SMILES string of the molecule is CCCCCCOc1cc(F)c(C(=O)O)c(F)c1F. The minimum Gasteiger partial charge on any atom is -0.490 e. The quantitative estimate of drug-likeness (QED) is 0.609. The van der Waals surface area contributed by atoms with Gasteiger partial charge in [-0.25, -0.2) is 13.6 Å². The number of hydrogen-bond donors (Lipinski definition) is 1. The van der Waals surface area contributed by atoms with E-state index in [2.05, 4.69) is 0 Å². The van der Waals surface area contributed by atoms with Crippen LogP contribution >= 0.6 is 0 Å². The van der Waals surface area contributed by atoms with E-state index in [-0.39, 0.29) is 6.61 Å². The van der Waals surface area contributed by atoms with Gasteiger partial charge >= 0.3 is 5.97 Å². The maximum atomic E-state index is 13.4. The van der Waals surface area contributed by atoms with Gasteiger partial charge in [0.15, 0.2) is 11.6 Å².